The lowest BCUT2D eigenvalue weighted by atomic mass is 10.1. The van der Waals surface area contributed by atoms with Crippen molar-refractivity contribution in [3.05, 3.63) is 39.4 Å². The van der Waals surface area contributed by atoms with Crippen molar-refractivity contribution < 1.29 is 14.5 Å². The van der Waals surface area contributed by atoms with Gasteiger partial charge in [-0.25, -0.2) is 0 Å². The van der Waals surface area contributed by atoms with Crippen molar-refractivity contribution in [1.82, 2.24) is 4.90 Å². The zero-order valence-electron chi connectivity index (χ0n) is 11.6. The molecular formula is C13H17ClN2O4. The maximum Gasteiger partial charge on any atom is 0.273 e. The Hall–Kier alpha value is -1.66. The summed E-state index contributed by atoms with van der Waals surface area (Å²) in [5, 5.41) is 10.5. The summed E-state index contributed by atoms with van der Waals surface area (Å²) >= 11 is 6.00. The van der Waals surface area contributed by atoms with Crippen LogP contribution in [0, 0.1) is 17.0 Å². The zero-order valence-corrected chi connectivity index (χ0v) is 12.4. The highest BCUT2D eigenvalue weighted by atomic mass is 35.5. The number of nitro benzene ring substituents is 1. The summed E-state index contributed by atoms with van der Waals surface area (Å²) in [5.41, 5.74) is 0.596. The number of carbonyl (C=O) groups excluding carboxylic acids is 1. The molecule has 0 radical (unpaired) electrons. The average Bonchev–Trinajstić information content (AvgIpc) is 2.38. The van der Waals surface area contributed by atoms with Gasteiger partial charge in [0.05, 0.1) is 16.9 Å². The van der Waals surface area contributed by atoms with Crippen molar-refractivity contribution in [1.29, 1.82) is 0 Å². The van der Waals surface area contributed by atoms with Gasteiger partial charge in [-0.1, -0.05) is 6.07 Å². The first kappa shape index (κ1) is 16.4. The number of ether oxygens (including phenoxy) is 1. The van der Waals surface area contributed by atoms with E-state index >= 15 is 0 Å². The molecular weight excluding hydrogens is 284 g/mol. The highest BCUT2D eigenvalue weighted by Crippen LogP contribution is 2.22. The quantitative estimate of drug-likeness (QED) is 0.459. The number of nitro groups is 1. The number of nitrogens with zero attached hydrogens (tertiary/aromatic N) is 2. The minimum Gasteiger partial charge on any atom is -0.383 e. The molecule has 0 saturated heterocycles. The molecule has 1 atom stereocenters. The molecule has 20 heavy (non-hydrogen) atoms. The van der Waals surface area contributed by atoms with Gasteiger partial charge in [-0.2, -0.15) is 0 Å². The van der Waals surface area contributed by atoms with Crippen LogP contribution in [-0.2, 0) is 4.74 Å². The smallest absolute Gasteiger partial charge is 0.273 e. The van der Waals surface area contributed by atoms with Crippen LogP contribution in [0.2, 0.25) is 0 Å². The predicted molar refractivity (Wildman–Crippen MR) is 76.3 cm³/mol. The largest absolute Gasteiger partial charge is 0.383 e. The van der Waals surface area contributed by atoms with Crippen LogP contribution in [0.1, 0.15) is 15.9 Å². The monoisotopic (exact) mass is 300 g/mol. The van der Waals surface area contributed by atoms with E-state index in [1.54, 1.807) is 20.0 Å². The Balaban J connectivity index is 2.92. The lowest BCUT2D eigenvalue weighted by molar-refractivity contribution is -0.385. The van der Waals surface area contributed by atoms with Gasteiger partial charge in [-0.15, -0.1) is 11.6 Å². The lowest BCUT2D eigenvalue weighted by Gasteiger charge is -2.20. The Morgan fingerprint density at radius 2 is 2.20 bits per heavy atom. The molecule has 1 aromatic carbocycles. The summed E-state index contributed by atoms with van der Waals surface area (Å²) in [4.78, 5) is 24.1. The van der Waals surface area contributed by atoms with Crippen molar-refractivity contribution in [2.45, 2.75) is 12.3 Å². The molecule has 1 amide bonds. The van der Waals surface area contributed by atoms with E-state index in [0.717, 1.165) is 0 Å². The van der Waals surface area contributed by atoms with Crippen molar-refractivity contribution in [2.75, 3.05) is 27.3 Å². The third kappa shape index (κ3) is 3.91. The van der Waals surface area contributed by atoms with Crippen molar-refractivity contribution >= 4 is 23.2 Å². The number of hydrogen-bond acceptors (Lipinski definition) is 4. The second kappa shape index (κ2) is 7.21. The number of amides is 1. The number of rotatable bonds is 6. The van der Waals surface area contributed by atoms with E-state index in [9.17, 15) is 14.9 Å². The Morgan fingerprint density at radius 3 is 2.75 bits per heavy atom. The van der Waals surface area contributed by atoms with Gasteiger partial charge < -0.3 is 9.64 Å². The minimum atomic E-state index is -0.499. The van der Waals surface area contributed by atoms with Gasteiger partial charge in [-0.3, -0.25) is 14.9 Å². The first-order valence-corrected chi connectivity index (χ1v) is 6.44. The van der Waals surface area contributed by atoms with Crippen LogP contribution in [0.3, 0.4) is 0 Å². The minimum absolute atomic E-state index is 0.0661. The number of methoxy groups -OCH3 is 1. The molecule has 1 aromatic rings. The van der Waals surface area contributed by atoms with Crippen LogP contribution in [0.15, 0.2) is 18.2 Å². The molecule has 0 saturated carbocycles. The SMILES string of the molecule is COCC(Cl)CN(C)C(=O)c1cccc([N+](=O)[O-])c1C. The summed E-state index contributed by atoms with van der Waals surface area (Å²) < 4.78 is 4.91. The van der Waals surface area contributed by atoms with E-state index in [-0.39, 0.29) is 17.0 Å². The topological polar surface area (TPSA) is 72.7 Å². The predicted octanol–water partition coefficient (Wildman–Crippen LogP) is 2.23. The second-order valence-corrected chi connectivity index (χ2v) is 5.06. The molecule has 0 bridgehead atoms. The molecule has 0 aliphatic rings. The average molecular weight is 301 g/mol. The molecule has 0 spiro atoms. The first-order chi connectivity index (χ1) is 9.38. The van der Waals surface area contributed by atoms with E-state index in [4.69, 9.17) is 16.3 Å². The normalized spacial score (nSPS) is 12.0. The lowest BCUT2D eigenvalue weighted by Crippen LogP contribution is -2.34. The van der Waals surface area contributed by atoms with E-state index < -0.39 is 4.92 Å². The first-order valence-electron chi connectivity index (χ1n) is 6.01. The highest BCUT2D eigenvalue weighted by Gasteiger charge is 2.21. The highest BCUT2D eigenvalue weighted by molar-refractivity contribution is 6.21. The van der Waals surface area contributed by atoms with Gasteiger partial charge in [0.15, 0.2) is 0 Å². The number of benzene rings is 1. The maximum absolute atomic E-state index is 12.3. The Labute approximate surface area is 122 Å². The third-order valence-corrected chi connectivity index (χ3v) is 3.16. The van der Waals surface area contributed by atoms with Crippen LogP contribution in [0.25, 0.3) is 0 Å². The standard InChI is InChI=1S/C13H17ClN2O4/c1-9-11(5-4-6-12(9)16(18)19)13(17)15(2)7-10(14)8-20-3/h4-6,10H,7-8H2,1-3H3. The summed E-state index contributed by atoms with van der Waals surface area (Å²) in [6, 6.07) is 4.45. The maximum atomic E-state index is 12.3. The van der Waals surface area contributed by atoms with Gasteiger partial charge in [0.25, 0.3) is 11.6 Å². The van der Waals surface area contributed by atoms with Crippen molar-refractivity contribution in [2.24, 2.45) is 0 Å². The summed E-state index contributed by atoms with van der Waals surface area (Å²) in [6.45, 7) is 2.19. The van der Waals surface area contributed by atoms with Crippen LogP contribution < -0.4 is 0 Å². The zero-order chi connectivity index (χ0) is 15.3. The van der Waals surface area contributed by atoms with Crippen LogP contribution in [0.4, 0.5) is 5.69 Å². The van der Waals surface area contributed by atoms with Crippen LogP contribution in [-0.4, -0.2) is 48.4 Å². The Kier molecular flexibility index (Phi) is 5.91. The van der Waals surface area contributed by atoms with E-state index in [0.29, 0.717) is 24.3 Å². The molecule has 0 aliphatic heterocycles. The molecule has 1 rings (SSSR count). The van der Waals surface area contributed by atoms with Crippen molar-refractivity contribution in [3.8, 4) is 0 Å². The molecule has 6 nitrogen and oxygen atoms in total. The molecule has 0 N–H and O–H groups in total. The van der Waals surface area contributed by atoms with Gasteiger partial charge in [0, 0.05) is 37.9 Å². The molecule has 7 heteroatoms. The summed E-state index contributed by atoms with van der Waals surface area (Å²) in [7, 11) is 3.13. The molecule has 1 unspecified atom stereocenters. The third-order valence-electron chi connectivity index (χ3n) is 2.90. The van der Waals surface area contributed by atoms with Gasteiger partial charge in [-0.05, 0) is 13.0 Å². The molecule has 0 heterocycles. The Bertz CT molecular complexity index is 507. The molecule has 0 fully saturated rings. The molecule has 0 aromatic heterocycles. The van der Waals surface area contributed by atoms with Gasteiger partial charge >= 0.3 is 0 Å². The molecule has 0 aliphatic carbocycles. The fourth-order valence-electron chi connectivity index (χ4n) is 1.87. The fraction of sp³-hybridized carbons (Fsp3) is 0.462. The fourth-order valence-corrected chi connectivity index (χ4v) is 2.21. The van der Waals surface area contributed by atoms with Gasteiger partial charge in [0.2, 0.25) is 0 Å². The number of carbonyl (C=O) groups is 1. The van der Waals surface area contributed by atoms with E-state index in [2.05, 4.69) is 0 Å². The summed E-state index contributed by atoms with van der Waals surface area (Å²) in [6.07, 6.45) is 0. The van der Waals surface area contributed by atoms with E-state index in [1.165, 1.54) is 24.1 Å². The van der Waals surface area contributed by atoms with E-state index in [1.807, 2.05) is 0 Å². The Morgan fingerprint density at radius 1 is 1.55 bits per heavy atom. The number of hydrogen-bond donors (Lipinski definition) is 0. The number of halogens is 1. The van der Waals surface area contributed by atoms with Gasteiger partial charge in [0.1, 0.15) is 0 Å². The van der Waals surface area contributed by atoms with Crippen LogP contribution in [0.5, 0.6) is 0 Å². The molecule has 110 valence electrons. The van der Waals surface area contributed by atoms with Crippen LogP contribution >= 0.6 is 11.6 Å². The summed E-state index contributed by atoms with van der Waals surface area (Å²) in [5.74, 6) is -0.298. The second-order valence-electron chi connectivity index (χ2n) is 4.45. The van der Waals surface area contributed by atoms with Crippen molar-refractivity contribution in [3.63, 3.8) is 0 Å². The number of alkyl halides is 1.